The number of anilines is 1. The average molecular weight is 347 g/mol. The van der Waals surface area contributed by atoms with Gasteiger partial charge in [-0.2, -0.15) is 0 Å². The van der Waals surface area contributed by atoms with Crippen LogP contribution in [-0.2, 0) is 4.79 Å². The molecular formula is C22H21NO3. The van der Waals surface area contributed by atoms with Gasteiger partial charge in [0.2, 0.25) is 0 Å². The van der Waals surface area contributed by atoms with Crippen molar-refractivity contribution in [2.24, 2.45) is 0 Å². The number of hydrogen-bond donors (Lipinski definition) is 2. The topological polar surface area (TPSA) is 58.6 Å². The van der Waals surface area contributed by atoms with Gasteiger partial charge < -0.3 is 15.2 Å². The van der Waals surface area contributed by atoms with Crippen LogP contribution in [0.4, 0.5) is 5.69 Å². The van der Waals surface area contributed by atoms with E-state index in [9.17, 15) is 9.90 Å². The molecule has 0 aliphatic heterocycles. The van der Waals surface area contributed by atoms with Gasteiger partial charge in [0.05, 0.1) is 6.10 Å². The molecule has 0 radical (unpaired) electrons. The second-order valence-corrected chi connectivity index (χ2v) is 5.96. The first-order valence-corrected chi connectivity index (χ1v) is 8.49. The van der Waals surface area contributed by atoms with Gasteiger partial charge in [0.15, 0.2) is 6.61 Å². The lowest BCUT2D eigenvalue weighted by Gasteiger charge is -2.14. The molecule has 1 amide bonds. The fraction of sp³-hybridized carbons (Fsp3) is 0.136. The molecule has 4 nitrogen and oxygen atoms in total. The van der Waals surface area contributed by atoms with Gasteiger partial charge in [-0.15, -0.1) is 0 Å². The van der Waals surface area contributed by atoms with Gasteiger partial charge in [-0.1, -0.05) is 66.7 Å². The zero-order chi connectivity index (χ0) is 18.4. The number of carbonyl (C=O) groups excluding carboxylic acids is 1. The van der Waals surface area contributed by atoms with E-state index in [0.29, 0.717) is 17.0 Å². The molecule has 0 saturated heterocycles. The first-order valence-electron chi connectivity index (χ1n) is 8.49. The van der Waals surface area contributed by atoms with Crippen LogP contribution in [0.3, 0.4) is 0 Å². The van der Waals surface area contributed by atoms with E-state index in [-0.39, 0.29) is 12.5 Å². The van der Waals surface area contributed by atoms with Gasteiger partial charge in [0.1, 0.15) is 5.75 Å². The lowest BCUT2D eigenvalue weighted by atomic mass is 10.1. The highest BCUT2D eigenvalue weighted by atomic mass is 16.5. The number of para-hydroxylation sites is 2. The molecule has 0 aromatic heterocycles. The summed E-state index contributed by atoms with van der Waals surface area (Å²) in [5, 5.41) is 12.6. The number of aliphatic hydroxyl groups excluding tert-OH is 1. The molecule has 3 rings (SSSR count). The highest BCUT2D eigenvalue weighted by molar-refractivity contribution is 5.92. The van der Waals surface area contributed by atoms with E-state index in [2.05, 4.69) is 5.32 Å². The van der Waals surface area contributed by atoms with Crippen LogP contribution in [0.25, 0.3) is 11.1 Å². The summed E-state index contributed by atoms with van der Waals surface area (Å²) in [5.41, 5.74) is 3.23. The number of amides is 1. The number of carbonyl (C=O) groups is 1. The molecule has 132 valence electrons. The summed E-state index contributed by atoms with van der Waals surface area (Å²) in [4.78, 5) is 12.3. The molecule has 0 saturated carbocycles. The molecular weight excluding hydrogens is 326 g/mol. The molecule has 4 heteroatoms. The van der Waals surface area contributed by atoms with Crippen molar-refractivity contribution in [1.29, 1.82) is 0 Å². The Labute approximate surface area is 153 Å². The van der Waals surface area contributed by atoms with Crippen molar-refractivity contribution in [3.8, 4) is 16.9 Å². The summed E-state index contributed by atoms with van der Waals surface area (Å²) in [5.74, 6) is 0.374. The van der Waals surface area contributed by atoms with Crippen LogP contribution in [0.2, 0.25) is 0 Å². The SMILES string of the molecule is CC(O)c1ccccc1NC(=O)COc1ccccc1-c1ccccc1. The summed E-state index contributed by atoms with van der Waals surface area (Å²) < 4.78 is 5.75. The van der Waals surface area contributed by atoms with Crippen molar-refractivity contribution in [1.82, 2.24) is 0 Å². The van der Waals surface area contributed by atoms with E-state index in [1.807, 2.05) is 66.7 Å². The summed E-state index contributed by atoms with van der Waals surface area (Å²) >= 11 is 0. The second-order valence-electron chi connectivity index (χ2n) is 5.96. The van der Waals surface area contributed by atoms with Crippen LogP contribution in [0.5, 0.6) is 5.75 Å². The Morgan fingerprint density at radius 2 is 1.62 bits per heavy atom. The van der Waals surface area contributed by atoms with E-state index < -0.39 is 6.10 Å². The quantitative estimate of drug-likeness (QED) is 0.694. The van der Waals surface area contributed by atoms with Gasteiger partial charge in [0, 0.05) is 16.8 Å². The molecule has 0 heterocycles. The molecule has 1 atom stereocenters. The van der Waals surface area contributed by atoms with Crippen LogP contribution in [0, 0.1) is 0 Å². The van der Waals surface area contributed by atoms with Crippen LogP contribution >= 0.6 is 0 Å². The Hall–Kier alpha value is -3.11. The minimum atomic E-state index is -0.661. The fourth-order valence-electron chi connectivity index (χ4n) is 2.75. The maximum absolute atomic E-state index is 12.3. The number of benzene rings is 3. The summed E-state index contributed by atoms with van der Waals surface area (Å²) in [6, 6.07) is 24.7. The van der Waals surface area contributed by atoms with Crippen molar-refractivity contribution in [3.63, 3.8) is 0 Å². The molecule has 0 spiro atoms. The molecule has 3 aromatic rings. The zero-order valence-electron chi connectivity index (χ0n) is 14.6. The monoisotopic (exact) mass is 347 g/mol. The first kappa shape index (κ1) is 17.7. The number of nitrogens with one attached hydrogen (secondary N) is 1. The molecule has 0 aliphatic carbocycles. The standard InChI is InChI=1S/C22H21NO3/c1-16(24)18-11-5-7-13-20(18)23-22(25)15-26-21-14-8-6-12-19(21)17-9-3-2-4-10-17/h2-14,16,24H,15H2,1H3,(H,23,25). The fourth-order valence-corrected chi connectivity index (χ4v) is 2.75. The van der Waals surface area contributed by atoms with Gasteiger partial charge >= 0.3 is 0 Å². The summed E-state index contributed by atoms with van der Waals surface area (Å²) in [6.07, 6.45) is -0.661. The zero-order valence-corrected chi connectivity index (χ0v) is 14.6. The molecule has 0 aliphatic rings. The van der Waals surface area contributed by atoms with Crippen molar-refractivity contribution in [3.05, 3.63) is 84.4 Å². The smallest absolute Gasteiger partial charge is 0.262 e. The number of ether oxygens (including phenoxy) is 1. The Morgan fingerprint density at radius 1 is 0.962 bits per heavy atom. The van der Waals surface area contributed by atoms with Crippen molar-refractivity contribution in [2.45, 2.75) is 13.0 Å². The van der Waals surface area contributed by atoms with E-state index in [4.69, 9.17) is 4.74 Å². The predicted octanol–water partition coefficient (Wildman–Crippen LogP) is 4.42. The number of aliphatic hydroxyl groups is 1. The normalized spacial score (nSPS) is 11.6. The Balaban J connectivity index is 1.70. The molecule has 0 fully saturated rings. The third kappa shape index (κ3) is 4.29. The van der Waals surface area contributed by atoms with Gasteiger partial charge in [-0.05, 0) is 24.6 Å². The van der Waals surface area contributed by atoms with E-state index in [1.54, 1.807) is 19.1 Å². The highest BCUT2D eigenvalue weighted by Gasteiger charge is 2.12. The van der Waals surface area contributed by atoms with Crippen molar-refractivity contribution >= 4 is 11.6 Å². The van der Waals surface area contributed by atoms with Crippen LogP contribution < -0.4 is 10.1 Å². The van der Waals surface area contributed by atoms with E-state index >= 15 is 0 Å². The van der Waals surface area contributed by atoms with Gasteiger partial charge in [-0.25, -0.2) is 0 Å². The average Bonchev–Trinajstić information content (AvgIpc) is 2.67. The maximum Gasteiger partial charge on any atom is 0.262 e. The largest absolute Gasteiger partial charge is 0.483 e. The Bertz CT molecular complexity index is 875. The Kier molecular flexibility index (Phi) is 5.66. The predicted molar refractivity (Wildman–Crippen MR) is 103 cm³/mol. The lowest BCUT2D eigenvalue weighted by Crippen LogP contribution is -2.21. The molecule has 1 unspecified atom stereocenters. The Morgan fingerprint density at radius 3 is 2.38 bits per heavy atom. The maximum atomic E-state index is 12.3. The number of hydrogen-bond acceptors (Lipinski definition) is 3. The summed E-state index contributed by atoms with van der Waals surface area (Å²) in [6.45, 7) is 1.55. The minimum absolute atomic E-state index is 0.113. The molecule has 0 bridgehead atoms. The van der Waals surface area contributed by atoms with E-state index in [0.717, 1.165) is 11.1 Å². The molecule has 26 heavy (non-hydrogen) atoms. The summed E-state index contributed by atoms with van der Waals surface area (Å²) in [7, 11) is 0. The second kappa shape index (κ2) is 8.32. The van der Waals surface area contributed by atoms with Crippen LogP contribution in [0.15, 0.2) is 78.9 Å². The molecule has 3 aromatic carbocycles. The highest BCUT2D eigenvalue weighted by Crippen LogP contribution is 2.29. The number of rotatable bonds is 6. The third-order valence-electron chi connectivity index (χ3n) is 4.02. The third-order valence-corrected chi connectivity index (χ3v) is 4.02. The van der Waals surface area contributed by atoms with E-state index in [1.165, 1.54) is 0 Å². The first-order chi connectivity index (χ1) is 12.6. The van der Waals surface area contributed by atoms with Gasteiger partial charge in [-0.3, -0.25) is 4.79 Å². The van der Waals surface area contributed by atoms with Crippen LogP contribution in [-0.4, -0.2) is 17.6 Å². The lowest BCUT2D eigenvalue weighted by molar-refractivity contribution is -0.118. The molecule has 2 N–H and O–H groups in total. The van der Waals surface area contributed by atoms with Crippen molar-refractivity contribution < 1.29 is 14.6 Å². The van der Waals surface area contributed by atoms with Crippen molar-refractivity contribution in [2.75, 3.05) is 11.9 Å². The van der Waals surface area contributed by atoms with Crippen LogP contribution in [0.1, 0.15) is 18.6 Å². The minimum Gasteiger partial charge on any atom is -0.483 e. The van der Waals surface area contributed by atoms with Gasteiger partial charge in [0.25, 0.3) is 5.91 Å².